The molecule has 0 aliphatic carbocycles. The second kappa shape index (κ2) is 8.08. The van der Waals surface area contributed by atoms with E-state index in [0.29, 0.717) is 36.9 Å². The third-order valence-electron chi connectivity index (χ3n) is 3.24. The molecule has 0 saturated heterocycles. The van der Waals surface area contributed by atoms with Crippen LogP contribution in [-0.4, -0.2) is 31.4 Å². The predicted octanol–water partition coefficient (Wildman–Crippen LogP) is 3.55. The lowest BCUT2D eigenvalue weighted by atomic mass is 10.2. The molecule has 2 rings (SSSR count). The zero-order valence-electron chi connectivity index (χ0n) is 13.2. The summed E-state index contributed by atoms with van der Waals surface area (Å²) in [6, 6.07) is 12.3. The number of carbonyl (C=O) groups is 1. The molecule has 5 heteroatoms. The van der Waals surface area contributed by atoms with Gasteiger partial charge in [0.2, 0.25) is 0 Å². The molecule has 122 valence electrons. The van der Waals surface area contributed by atoms with Gasteiger partial charge >= 0.3 is 5.97 Å². The van der Waals surface area contributed by atoms with Crippen LogP contribution in [0.15, 0.2) is 42.5 Å². The molecule has 0 spiro atoms. The molecule has 0 radical (unpaired) electrons. The Balaban J connectivity index is 1.82. The van der Waals surface area contributed by atoms with Crippen LogP contribution in [0.25, 0.3) is 0 Å². The summed E-state index contributed by atoms with van der Waals surface area (Å²) < 4.78 is 16.5. The van der Waals surface area contributed by atoms with E-state index >= 15 is 0 Å². The van der Waals surface area contributed by atoms with Gasteiger partial charge in [0.1, 0.15) is 11.3 Å². The van der Waals surface area contributed by atoms with Crippen molar-refractivity contribution in [3.05, 3.63) is 53.6 Å². The maximum Gasteiger partial charge on any atom is 0.339 e. The number of aryl methyl sites for hydroxylation is 1. The maximum absolute atomic E-state index is 11.1. The Morgan fingerprint density at radius 3 is 2.39 bits per heavy atom. The minimum absolute atomic E-state index is 0.161. The molecule has 0 aromatic heterocycles. The Morgan fingerprint density at radius 2 is 1.70 bits per heavy atom. The Hall–Kier alpha value is -2.69. The highest BCUT2D eigenvalue weighted by Crippen LogP contribution is 2.27. The van der Waals surface area contributed by atoms with Crippen LogP contribution < -0.4 is 14.2 Å². The highest BCUT2D eigenvalue weighted by molar-refractivity contribution is 5.90. The first-order valence-corrected chi connectivity index (χ1v) is 7.34. The largest absolute Gasteiger partial charge is 0.493 e. The Kier molecular flexibility index (Phi) is 5.86. The van der Waals surface area contributed by atoms with E-state index in [-0.39, 0.29) is 5.56 Å². The first-order valence-electron chi connectivity index (χ1n) is 7.34. The average Bonchev–Trinajstić information content (AvgIpc) is 2.55. The quantitative estimate of drug-likeness (QED) is 0.755. The number of hydrogen-bond acceptors (Lipinski definition) is 4. The van der Waals surface area contributed by atoms with Crippen molar-refractivity contribution in [2.24, 2.45) is 0 Å². The zero-order chi connectivity index (χ0) is 16.7. The number of ether oxygens (including phenoxy) is 3. The monoisotopic (exact) mass is 316 g/mol. The average molecular weight is 316 g/mol. The zero-order valence-corrected chi connectivity index (χ0v) is 13.2. The van der Waals surface area contributed by atoms with Gasteiger partial charge in [-0.05, 0) is 36.8 Å². The van der Waals surface area contributed by atoms with Crippen molar-refractivity contribution in [2.45, 2.75) is 13.3 Å². The molecule has 2 aromatic rings. The summed E-state index contributed by atoms with van der Waals surface area (Å²) in [5.74, 6) is 0.750. The summed E-state index contributed by atoms with van der Waals surface area (Å²) in [5, 5.41) is 9.08. The van der Waals surface area contributed by atoms with Crippen LogP contribution >= 0.6 is 0 Å². The number of aromatic carboxylic acids is 1. The van der Waals surface area contributed by atoms with Crippen LogP contribution in [0.1, 0.15) is 22.3 Å². The van der Waals surface area contributed by atoms with Gasteiger partial charge in [-0.15, -0.1) is 0 Å². The van der Waals surface area contributed by atoms with Crippen LogP contribution in [0, 0.1) is 6.92 Å². The third-order valence-corrected chi connectivity index (χ3v) is 3.24. The normalized spacial score (nSPS) is 10.2. The maximum atomic E-state index is 11.1. The Labute approximate surface area is 135 Å². The van der Waals surface area contributed by atoms with Gasteiger partial charge in [0.15, 0.2) is 11.5 Å². The number of carboxylic acids is 1. The summed E-state index contributed by atoms with van der Waals surface area (Å²) >= 11 is 0. The fourth-order valence-electron chi connectivity index (χ4n) is 2.09. The van der Waals surface area contributed by atoms with Crippen molar-refractivity contribution >= 4 is 5.97 Å². The van der Waals surface area contributed by atoms with E-state index < -0.39 is 5.97 Å². The topological polar surface area (TPSA) is 65.0 Å². The molecular weight excluding hydrogens is 296 g/mol. The molecule has 2 aromatic carbocycles. The molecular formula is C18H20O5. The van der Waals surface area contributed by atoms with Crippen LogP contribution in [0.2, 0.25) is 0 Å². The van der Waals surface area contributed by atoms with Crippen LogP contribution in [0.4, 0.5) is 0 Å². The second-order valence-electron chi connectivity index (χ2n) is 5.01. The van der Waals surface area contributed by atoms with Gasteiger partial charge in [0, 0.05) is 6.42 Å². The van der Waals surface area contributed by atoms with Crippen molar-refractivity contribution in [1.82, 2.24) is 0 Å². The van der Waals surface area contributed by atoms with Crippen molar-refractivity contribution < 1.29 is 24.1 Å². The molecule has 0 heterocycles. The molecule has 0 bridgehead atoms. The van der Waals surface area contributed by atoms with Gasteiger partial charge in [-0.2, -0.15) is 0 Å². The number of carboxylic acid groups (broad SMARTS) is 1. The van der Waals surface area contributed by atoms with Gasteiger partial charge in [0.05, 0.1) is 20.3 Å². The van der Waals surface area contributed by atoms with E-state index in [1.807, 2.05) is 25.1 Å². The molecule has 0 atom stereocenters. The first kappa shape index (κ1) is 16.7. The lowest BCUT2D eigenvalue weighted by Crippen LogP contribution is -2.08. The smallest absolute Gasteiger partial charge is 0.339 e. The Bertz CT molecular complexity index is 666. The van der Waals surface area contributed by atoms with E-state index in [2.05, 4.69) is 0 Å². The highest BCUT2D eigenvalue weighted by atomic mass is 16.5. The molecule has 23 heavy (non-hydrogen) atoms. The summed E-state index contributed by atoms with van der Waals surface area (Å²) in [4.78, 5) is 11.1. The van der Waals surface area contributed by atoms with Crippen molar-refractivity contribution in [3.8, 4) is 17.2 Å². The van der Waals surface area contributed by atoms with Gasteiger partial charge in [-0.1, -0.05) is 18.2 Å². The number of para-hydroxylation sites is 1. The Morgan fingerprint density at radius 1 is 1.00 bits per heavy atom. The van der Waals surface area contributed by atoms with E-state index in [1.54, 1.807) is 25.3 Å². The highest BCUT2D eigenvalue weighted by Gasteiger charge is 2.10. The molecule has 0 unspecified atom stereocenters. The van der Waals surface area contributed by atoms with E-state index in [1.165, 1.54) is 6.07 Å². The first-order chi connectivity index (χ1) is 11.1. The minimum Gasteiger partial charge on any atom is -0.493 e. The third kappa shape index (κ3) is 4.64. The van der Waals surface area contributed by atoms with Gasteiger partial charge in [-0.3, -0.25) is 0 Å². The molecule has 0 amide bonds. The van der Waals surface area contributed by atoms with Crippen molar-refractivity contribution in [1.29, 1.82) is 0 Å². The number of benzene rings is 2. The predicted molar refractivity (Wildman–Crippen MR) is 86.7 cm³/mol. The standard InChI is InChI=1S/C18H20O5/c1-13-8-9-16(17(12-13)21-2)23-11-5-10-22-15-7-4-3-6-14(15)18(19)20/h3-4,6-9,12H,5,10-11H2,1-2H3,(H,19,20). The second-order valence-corrected chi connectivity index (χ2v) is 5.01. The number of methoxy groups -OCH3 is 1. The van der Waals surface area contributed by atoms with Crippen LogP contribution in [-0.2, 0) is 0 Å². The summed E-state index contributed by atoms with van der Waals surface area (Å²) in [6.45, 7) is 2.81. The van der Waals surface area contributed by atoms with Crippen LogP contribution in [0.5, 0.6) is 17.2 Å². The number of rotatable bonds is 8. The molecule has 0 aliphatic rings. The van der Waals surface area contributed by atoms with Crippen molar-refractivity contribution in [3.63, 3.8) is 0 Å². The van der Waals surface area contributed by atoms with Gasteiger partial charge in [0.25, 0.3) is 0 Å². The molecule has 0 fully saturated rings. The fourth-order valence-corrected chi connectivity index (χ4v) is 2.09. The molecule has 5 nitrogen and oxygen atoms in total. The summed E-state index contributed by atoms with van der Waals surface area (Å²) in [6.07, 6.45) is 0.630. The summed E-state index contributed by atoms with van der Waals surface area (Å²) in [5.41, 5.74) is 1.26. The van der Waals surface area contributed by atoms with Gasteiger partial charge in [-0.25, -0.2) is 4.79 Å². The number of hydrogen-bond donors (Lipinski definition) is 1. The van der Waals surface area contributed by atoms with E-state index in [9.17, 15) is 4.79 Å². The lowest BCUT2D eigenvalue weighted by molar-refractivity contribution is 0.0692. The van der Waals surface area contributed by atoms with Crippen LogP contribution in [0.3, 0.4) is 0 Å². The van der Waals surface area contributed by atoms with Gasteiger partial charge < -0.3 is 19.3 Å². The summed E-state index contributed by atoms with van der Waals surface area (Å²) in [7, 11) is 1.60. The molecule has 0 saturated carbocycles. The fraction of sp³-hybridized carbons (Fsp3) is 0.278. The SMILES string of the molecule is COc1cc(C)ccc1OCCCOc1ccccc1C(=O)O. The van der Waals surface area contributed by atoms with E-state index in [0.717, 1.165) is 5.56 Å². The lowest BCUT2D eigenvalue weighted by Gasteiger charge is -2.12. The molecule has 0 aliphatic heterocycles. The molecule has 1 N–H and O–H groups in total. The van der Waals surface area contributed by atoms with Crippen molar-refractivity contribution in [2.75, 3.05) is 20.3 Å². The van der Waals surface area contributed by atoms with E-state index in [4.69, 9.17) is 19.3 Å². The minimum atomic E-state index is -0.999.